The number of allylic oxidation sites excluding steroid dienone is 1. The Kier molecular flexibility index (Phi) is 8.26. The van der Waals surface area contributed by atoms with Crippen molar-refractivity contribution in [3.8, 4) is 0 Å². The normalized spacial score (nSPS) is 12.9. The molecule has 0 aliphatic carbocycles. The Labute approximate surface area is 76.5 Å². The molecule has 0 heterocycles. The summed E-state index contributed by atoms with van der Waals surface area (Å²) in [6, 6.07) is 0. The van der Waals surface area contributed by atoms with E-state index in [0.717, 1.165) is 6.42 Å². The molecule has 0 saturated heterocycles. The van der Waals surface area contributed by atoms with Crippen LogP contribution in [0.25, 0.3) is 0 Å². The molecule has 0 aliphatic rings. The Balaban J connectivity index is 3.08. The number of rotatable bonds is 7. The summed E-state index contributed by atoms with van der Waals surface area (Å²) < 4.78 is 0. The zero-order chi connectivity index (χ0) is 8.53. The first-order chi connectivity index (χ1) is 5.31. The third-order valence-electron chi connectivity index (χ3n) is 1.84. The van der Waals surface area contributed by atoms with Crippen LogP contribution in [0.3, 0.4) is 0 Å². The molecule has 0 amide bonds. The fourth-order valence-corrected chi connectivity index (χ4v) is 1.42. The quantitative estimate of drug-likeness (QED) is 0.337. The second kappa shape index (κ2) is 8.19. The lowest BCUT2D eigenvalue weighted by Gasteiger charge is -2.07. The third kappa shape index (κ3) is 7.99. The highest BCUT2D eigenvalue weighted by atomic mass is 32.1. The van der Waals surface area contributed by atoms with Crippen molar-refractivity contribution in [2.24, 2.45) is 0 Å². The van der Waals surface area contributed by atoms with Crippen LogP contribution in [0.5, 0.6) is 0 Å². The molecule has 0 aromatic carbocycles. The van der Waals surface area contributed by atoms with E-state index in [0.29, 0.717) is 5.25 Å². The molecule has 1 atom stereocenters. The Morgan fingerprint density at radius 2 is 2.09 bits per heavy atom. The van der Waals surface area contributed by atoms with Crippen LogP contribution in [-0.2, 0) is 0 Å². The van der Waals surface area contributed by atoms with E-state index in [1.54, 1.807) is 0 Å². The van der Waals surface area contributed by atoms with Crippen LogP contribution in [0.2, 0.25) is 0 Å². The van der Waals surface area contributed by atoms with Crippen LogP contribution >= 0.6 is 12.6 Å². The van der Waals surface area contributed by atoms with Crippen LogP contribution in [0.1, 0.15) is 45.4 Å². The summed E-state index contributed by atoms with van der Waals surface area (Å²) >= 11 is 4.49. The van der Waals surface area contributed by atoms with Crippen LogP contribution < -0.4 is 0 Å². The molecular formula is C10H20S. The molecule has 66 valence electrons. The molecule has 11 heavy (non-hydrogen) atoms. The lowest BCUT2D eigenvalue weighted by atomic mass is 10.1. The summed E-state index contributed by atoms with van der Waals surface area (Å²) in [6.07, 6.45) is 9.54. The average molecular weight is 172 g/mol. The highest BCUT2D eigenvalue weighted by molar-refractivity contribution is 7.80. The number of unbranched alkanes of at least 4 members (excludes halogenated alkanes) is 2. The zero-order valence-electron chi connectivity index (χ0n) is 7.55. The molecule has 1 unspecified atom stereocenters. The standard InChI is InChI=1S/C10H20S/c1-3-5-7-9-10(11)8-6-4-2/h4,10-11H,2-3,5-9H2,1H3. The molecule has 1 heteroatoms. The molecule has 0 aromatic heterocycles. The average Bonchev–Trinajstić information content (AvgIpc) is 2.01. The van der Waals surface area contributed by atoms with Crippen molar-refractivity contribution in [3.63, 3.8) is 0 Å². The Morgan fingerprint density at radius 3 is 2.64 bits per heavy atom. The summed E-state index contributed by atoms with van der Waals surface area (Å²) in [5.74, 6) is 0. The van der Waals surface area contributed by atoms with Crippen molar-refractivity contribution in [1.29, 1.82) is 0 Å². The van der Waals surface area contributed by atoms with Gasteiger partial charge in [0, 0.05) is 5.25 Å². The maximum Gasteiger partial charge on any atom is 0.00197 e. The van der Waals surface area contributed by atoms with Gasteiger partial charge in [0.05, 0.1) is 0 Å². The molecule has 0 fully saturated rings. The third-order valence-corrected chi connectivity index (χ3v) is 2.36. The van der Waals surface area contributed by atoms with Gasteiger partial charge in [-0.15, -0.1) is 6.58 Å². The summed E-state index contributed by atoms with van der Waals surface area (Å²) in [4.78, 5) is 0. The Morgan fingerprint density at radius 1 is 1.36 bits per heavy atom. The maximum absolute atomic E-state index is 4.49. The molecule has 0 radical (unpaired) electrons. The number of thiol groups is 1. The summed E-state index contributed by atoms with van der Waals surface area (Å²) in [5.41, 5.74) is 0. The van der Waals surface area contributed by atoms with E-state index in [1.807, 2.05) is 6.08 Å². The zero-order valence-corrected chi connectivity index (χ0v) is 8.45. The molecule has 0 aliphatic heterocycles. The molecule has 0 spiro atoms. The van der Waals surface area contributed by atoms with Crippen LogP contribution in [-0.4, -0.2) is 5.25 Å². The predicted octanol–water partition coefficient (Wildman–Crippen LogP) is 3.83. The highest BCUT2D eigenvalue weighted by Gasteiger charge is 1.99. The lowest BCUT2D eigenvalue weighted by Crippen LogP contribution is -1.97. The molecule has 0 aromatic rings. The smallest absolute Gasteiger partial charge is 0.00197 e. The predicted molar refractivity (Wildman–Crippen MR) is 56.3 cm³/mol. The van der Waals surface area contributed by atoms with Gasteiger partial charge in [-0.25, -0.2) is 0 Å². The minimum atomic E-state index is 0.597. The van der Waals surface area contributed by atoms with Gasteiger partial charge in [-0.05, 0) is 19.3 Å². The molecule has 0 bridgehead atoms. The van der Waals surface area contributed by atoms with Gasteiger partial charge in [0.25, 0.3) is 0 Å². The largest absolute Gasteiger partial charge is 0.176 e. The summed E-state index contributed by atoms with van der Waals surface area (Å²) in [7, 11) is 0. The summed E-state index contributed by atoms with van der Waals surface area (Å²) in [5, 5.41) is 0.597. The van der Waals surface area contributed by atoms with Crippen molar-refractivity contribution in [3.05, 3.63) is 12.7 Å². The fourth-order valence-electron chi connectivity index (χ4n) is 1.08. The second-order valence-electron chi connectivity index (χ2n) is 3.02. The molecular weight excluding hydrogens is 152 g/mol. The second-order valence-corrected chi connectivity index (χ2v) is 3.75. The minimum absolute atomic E-state index is 0.597. The molecule has 0 nitrogen and oxygen atoms in total. The van der Waals surface area contributed by atoms with Gasteiger partial charge in [-0.1, -0.05) is 32.3 Å². The number of hydrogen-bond donors (Lipinski definition) is 1. The highest BCUT2D eigenvalue weighted by Crippen LogP contribution is 2.13. The van der Waals surface area contributed by atoms with Gasteiger partial charge in [0.2, 0.25) is 0 Å². The van der Waals surface area contributed by atoms with E-state index in [1.165, 1.54) is 32.1 Å². The van der Waals surface area contributed by atoms with E-state index in [4.69, 9.17) is 0 Å². The maximum atomic E-state index is 4.49. The van der Waals surface area contributed by atoms with Crippen molar-refractivity contribution in [2.45, 2.75) is 50.7 Å². The van der Waals surface area contributed by atoms with Gasteiger partial charge in [0.15, 0.2) is 0 Å². The first-order valence-corrected chi connectivity index (χ1v) is 5.11. The monoisotopic (exact) mass is 172 g/mol. The molecule has 0 saturated carbocycles. The van der Waals surface area contributed by atoms with Gasteiger partial charge in [-0.3, -0.25) is 0 Å². The lowest BCUT2D eigenvalue weighted by molar-refractivity contribution is 0.625. The SMILES string of the molecule is C=CCCC(S)CCCCC. The Bertz CT molecular complexity index is 88.9. The van der Waals surface area contributed by atoms with E-state index in [-0.39, 0.29) is 0 Å². The first-order valence-electron chi connectivity index (χ1n) is 4.60. The topological polar surface area (TPSA) is 0 Å². The van der Waals surface area contributed by atoms with Crippen molar-refractivity contribution >= 4 is 12.6 Å². The van der Waals surface area contributed by atoms with Crippen molar-refractivity contribution < 1.29 is 0 Å². The fraction of sp³-hybridized carbons (Fsp3) is 0.800. The van der Waals surface area contributed by atoms with Crippen LogP contribution in [0.4, 0.5) is 0 Å². The molecule has 0 rings (SSSR count). The van der Waals surface area contributed by atoms with E-state index in [2.05, 4.69) is 26.1 Å². The van der Waals surface area contributed by atoms with Crippen molar-refractivity contribution in [2.75, 3.05) is 0 Å². The van der Waals surface area contributed by atoms with Gasteiger partial charge in [0.1, 0.15) is 0 Å². The Hall–Kier alpha value is 0.0900. The van der Waals surface area contributed by atoms with Gasteiger partial charge in [-0.2, -0.15) is 12.6 Å². The minimum Gasteiger partial charge on any atom is -0.176 e. The van der Waals surface area contributed by atoms with Crippen LogP contribution in [0.15, 0.2) is 12.7 Å². The van der Waals surface area contributed by atoms with Gasteiger partial charge < -0.3 is 0 Å². The van der Waals surface area contributed by atoms with Crippen LogP contribution in [0, 0.1) is 0 Å². The van der Waals surface area contributed by atoms with E-state index < -0.39 is 0 Å². The van der Waals surface area contributed by atoms with Gasteiger partial charge >= 0.3 is 0 Å². The van der Waals surface area contributed by atoms with E-state index >= 15 is 0 Å². The number of hydrogen-bond acceptors (Lipinski definition) is 1. The molecule has 0 N–H and O–H groups in total. The first kappa shape index (κ1) is 11.1. The van der Waals surface area contributed by atoms with Crippen molar-refractivity contribution in [1.82, 2.24) is 0 Å². The van der Waals surface area contributed by atoms with E-state index in [9.17, 15) is 0 Å². The summed E-state index contributed by atoms with van der Waals surface area (Å²) in [6.45, 7) is 5.93.